The van der Waals surface area contributed by atoms with Gasteiger partial charge in [-0.3, -0.25) is 14.9 Å². The monoisotopic (exact) mass is 242 g/mol. The second kappa shape index (κ2) is 4.94. The highest BCUT2D eigenvalue weighted by Crippen LogP contribution is 2.22. The second-order valence-electron chi connectivity index (χ2n) is 3.46. The van der Waals surface area contributed by atoms with E-state index in [1.54, 1.807) is 19.1 Å². The van der Waals surface area contributed by atoms with E-state index < -0.39 is 16.2 Å². The highest BCUT2D eigenvalue weighted by Gasteiger charge is 2.19. The predicted octanol–water partition coefficient (Wildman–Crippen LogP) is 1.54. The third kappa shape index (κ3) is 2.93. The van der Waals surface area contributed by atoms with Gasteiger partial charge in [0.25, 0.3) is 5.69 Å². The minimum atomic E-state index is -0.929. The van der Waals surface area contributed by atoms with E-state index in [9.17, 15) is 14.9 Å². The van der Waals surface area contributed by atoms with Crippen LogP contribution in [0.25, 0.3) is 0 Å². The number of nitro benzene ring substituents is 1. The number of nitrogens with two attached hydrogens (primary N) is 1. The van der Waals surface area contributed by atoms with Crippen molar-refractivity contribution in [2.75, 3.05) is 0 Å². The van der Waals surface area contributed by atoms with Gasteiger partial charge in [-0.1, -0.05) is 12.1 Å². The topological polar surface area (TPSA) is 86.2 Å². The fourth-order valence-electron chi connectivity index (χ4n) is 1.31. The number of aryl methyl sites for hydroxylation is 1. The van der Waals surface area contributed by atoms with Crippen LogP contribution in [0.3, 0.4) is 0 Å². The fourth-order valence-corrected chi connectivity index (χ4v) is 1.48. The molecule has 0 aliphatic heterocycles. The standard InChI is InChI=1S/C10H11ClN2O3/c1-6-2-3-7(5-8(11)10(12)14)9(4-6)13(15)16/h2-4,8H,5H2,1H3,(H2,12,14). The molecule has 1 aromatic rings. The summed E-state index contributed by atoms with van der Waals surface area (Å²) < 4.78 is 0. The first-order valence-electron chi connectivity index (χ1n) is 4.59. The van der Waals surface area contributed by atoms with Crippen LogP contribution in [0, 0.1) is 17.0 Å². The van der Waals surface area contributed by atoms with E-state index in [0.717, 1.165) is 5.56 Å². The van der Waals surface area contributed by atoms with Gasteiger partial charge in [0.05, 0.1) is 4.92 Å². The number of nitrogens with zero attached hydrogens (tertiary/aromatic N) is 1. The van der Waals surface area contributed by atoms with Crippen LogP contribution in [0.15, 0.2) is 18.2 Å². The van der Waals surface area contributed by atoms with Crippen molar-refractivity contribution in [3.05, 3.63) is 39.4 Å². The molecule has 6 heteroatoms. The smallest absolute Gasteiger partial charge is 0.272 e. The largest absolute Gasteiger partial charge is 0.368 e. The Hall–Kier alpha value is -1.62. The lowest BCUT2D eigenvalue weighted by molar-refractivity contribution is -0.385. The number of benzene rings is 1. The number of carbonyl (C=O) groups excluding carboxylic acids is 1. The van der Waals surface area contributed by atoms with Crippen LogP contribution in [0.1, 0.15) is 11.1 Å². The zero-order chi connectivity index (χ0) is 12.3. The zero-order valence-electron chi connectivity index (χ0n) is 8.64. The number of carbonyl (C=O) groups is 1. The van der Waals surface area contributed by atoms with Gasteiger partial charge < -0.3 is 5.73 Å². The molecule has 1 atom stereocenters. The molecule has 1 aromatic carbocycles. The molecular weight excluding hydrogens is 232 g/mol. The van der Waals surface area contributed by atoms with Gasteiger partial charge in [0, 0.05) is 18.1 Å². The fraction of sp³-hybridized carbons (Fsp3) is 0.300. The average molecular weight is 243 g/mol. The van der Waals surface area contributed by atoms with Crippen molar-refractivity contribution in [2.45, 2.75) is 18.7 Å². The molecule has 0 saturated carbocycles. The van der Waals surface area contributed by atoms with Gasteiger partial charge in [-0.15, -0.1) is 11.6 Å². The highest BCUT2D eigenvalue weighted by molar-refractivity contribution is 6.30. The van der Waals surface area contributed by atoms with Crippen molar-refractivity contribution < 1.29 is 9.72 Å². The van der Waals surface area contributed by atoms with Gasteiger partial charge >= 0.3 is 0 Å². The molecule has 0 saturated heterocycles. The van der Waals surface area contributed by atoms with E-state index in [4.69, 9.17) is 17.3 Å². The number of hydrogen-bond donors (Lipinski definition) is 1. The van der Waals surface area contributed by atoms with E-state index in [1.807, 2.05) is 0 Å². The maximum atomic E-state index is 10.8. The van der Waals surface area contributed by atoms with E-state index in [1.165, 1.54) is 6.07 Å². The molecule has 0 fully saturated rings. The lowest BCUT2D eigenvalue weighted by atomic mass is 10.0. The van der Waals surface area contributed by atoms with Gasteiger partial charge in [-0.05, 0) is 12.5 Å². The van der Waals surface area contributed by atoms with Crippen LogP contribution in [0.2, 0.25) is 0 Å². The number of alkyl halides is 1. The maximum absolute atomic E-state index is 10.8. The Morgan fingerprint density at radius 1 is 1.62 bits per heavy atom. The summed E-state index contributed by atoms with van der Waals surface area (Å²) in [5.74, 6) is -0.684. The predicted molar refractivity (Wildman–Crippen MR) is 60.4 cm³/mol. The Balaban J connectivity index is 3.04. The number of rotatable bonds is 4. The summed E-state index contributed by atoms with van der Waals surface area (Å²) in [4.78, 5) is 21.1. The molecule has 1 amide bonds. The third-order valence-electron chi connectivity index (χ3n) is 2.15. The van der Waals surface area contributed by atoms with Gasteiger partial charge in [-0.25, -0.2) is 0 Å². The van der Waals surface area contributed by atoms with E-state index in [2.05, 4.69) is 0 Å². The first kappa shape index (κ1) is 12.4. The van der Waals surface area contributed by atoms with Crippen LogP contribution in [0.4, 0.5) is 5.69 Å². The SMILES string of the molecule is Cc1ccc(CC(Cl)C(N)=O)c([N+](=O)[O-])c1. The van der Waals surface area contributed by atoms with Crippen molar-refractivity contribution in [1.82, 2.24) is 0 Å². The first-order valence-corrected chi connectivity index (χ1v) is 5.02. The molecule has 0 heterocycles. The summed E-state index contributed by atoms with van der Waals surface area (Å²) in [5.41, 5.74) is 6.15. The minimum Gasteiger partial charge on any atom is -0.368 e. The van der Waals surface area contributed by atoms with Gasteiger partial charge in [0.1, 0.15) is 5.38 Å². The molecule has 0 spiro atoms. The summed E-state index contributed by atoms with van der Waals surface area (Å²) in [6, 6.07) is 4.76. The molecule has 16 heavy (non-hydrogen) atoms. The van der Waals surface area contributed by atoms with Crippen molar-refractivity contribution in [3.63, 3.8) is 0 Å². The molecule has 0 radical (unpaired) electrons. The Kier molecular flexibility index (Phi) is 3.84. The summed E-state index contributed by atoms with van der Waals surface area (Å²) >= 11 is 5.67. The van der Waals surface area contributed by atoms with Crippen LogP contribution < -0.4 is 5.73 Å². The Labute approximate surface area is 97.3 Å². The minimum absolute atomic E-state index is 0.0353. The third-order valence-corrected chi connectivity index (χ3v) is 2.51. The summed E-state index contributed by atoms with van der Waals surface area (Å²) in [6.07, 6.45) is 0.0630. The van der Waals surface area contributed by atoms with Gasteiger partial charge in [0.15, 0.2) is 0 Å². The van der Waals surface area contributed by atoms with E-state index in [0.29, 0.717) is 5.56 Å². The van der Waals surface area contributed by atoms with Crippen molar-refractivity contribution in [1.29, 1.82) is 0 Å². The van der Waals surface area contributed by atoms with E-state index in [-0.39, 0.29) is 12.1 Å². The van der Waals surface area contributed by atoms with Crippen molar-refractivity contribution in [2.24, 2.45) is 5.73 Å². The van der Waals surface area contributed by atoms with Gasteiger partial charge in [-0.2, -0.15) is 0 Å². The van der Waals surface area contributed by atoms with Crippen molar-refractivity contribution >= 4 is 23.2 Å². The van der Waals surface area contributed by atoms with Crippen LogP contribution >= 0.6 is 11.6 Å². The lowest BCUT2D eigenvalue weighted by Gasteiger charge is -2.06. The highest BCUT2D eigenvalue weighted by atomic mass is 35.5. The number of nitro groups is 1. The summed E-state index contributed by atoms with van der Waals surface area (Å²) in [7, 11) is 0. The number of amides is 1. The van der Waals surface area contributed by atoms with Crippen molar-refractivity contribution in [3.8, 4) is 0 Å². The van der Waals surface area contributed by atoms with Crippen LogP contribution in [-0.4, -0.2) is 16.2 Å². The quantitative estimate of drug-likeness (QED) is 0.494. The Bertz CT molecular complexity index is 434. The summed E-state index contributed by atoms with van der Waals surface area (Å²) in [6.45, 7) is 1.75. The van der Waals surface area contributed by atoms with Crippen LogP contribution in [-0.2, 0) is 11.2 Å². The zero-order valence-corrected chi connectivity index (χ0v) is 9.40. The molecule has 0 aromatic heterocycles. The first-order chi connectivity index (χ1) is 7.41. The number of hydrogen-bond acceptors (Lipinski definition) is 3. The second-order valence-corrected chi connectivity index (χ2v) is 3.99. The Morgan fingerprint density at radius 2 is 2.25 bits per heavy atom. The molecule has 1 unspecified atom stereocenters. The summed E-state index contributed by atoms with van der Waals surface area (Å²) in [5, 5.41) is 9.84. The molecule has 0 aliphatic carbocycles. The molecule has 86 valence electrons. The molecule has 1 rings (SSSR count). The normalized spacial score (nSPS) is 12.1. The van der Waals surface area contributed by atoms with Crippen LogP contribution in [0.5, 0.6) is 0 Å². The van der Waals surface area contributed by atoms with Gasteiger partial charge in [0.2, 0.25) is 5.91 Å². The molecular formula is C10H11ClN2O3. The van der Waals surface area contributed by atoms with E-state index >= 15 is 0 Å². The Morgan fingerprint density at radius 3 is 2.75 bits per heavy atom. The average Bonchev–Trinajstić information content (AvgIpc) is 2.20. The maximum Gasteiger partial charge on any atom is 0.272 e. The number of halogens is 1. The lowest BCUT2D eigenvalue weighted by Crippen LogP contribution is -2.25. The molecule has 0 bridgehead atoms. The molecule has 5 nitrogen and oxygen atoms in total. The molecule has 0 aliphatic rings. The number of primary amides is 1. The molecule has 2 N–H and O–H groups in total.